The molecule has 1 fully saturated rings. The van der Waals surface area contributed by atoms with E-state index in [4.69, 9.17) is 4.74 Å². The summed E-state index contributed by atoms with van der Waals surface area (Å²) in [7, 11) is 1.43. The van der Waals surface area contributed by atoms with Crippen molar-refractivity contribution in [2.24, 2.45) is 5.41 Å². The Morgan fingerprint density at radius 1 is 1.17 bits per heavy atom. The average Bonchev–Trinajstić information content (AvgIpc) is 3.56. The van der Waals surface area contributed by atoms with Gasteiger partial charge in [-0.15, -0.1) is 0 Å². The van der Waals surface area contributed by atoms with Crippen LogP contribution in [0, 0.1) is 11.2 Å². The van der Waals surface area contributed by atoms with E-state index in [-0.39, 0.29) is 25.1 Å². The lowest BCUT2D eigenvalue weighted by molar-refractivity contribution is -0.140. The number of likely N-dealkylation sites (tertiary alicyclic amines) is 1. The highest BCUT2D eigenvalue weighted by Gasteiger charge is 2.45. The zero-order valence-corrected chi connectivity index (χ0v) is 24.4. The maximum atomic E-state index is 13.9. The summed E-state index contributed by atoms with van der Waals surface area (Å²) in [6.07, 6.45) is -0.147. The van der Waals surface area contributed by atoms with Crippen LogP contribution in [0.2, 0.25) is 0 Å². The minimum Gasteiger partial charge on any atom is -0.445 e. The Hall–Kier alpha value is -4.25. The number of nitrogens with zero attached hydrogens (tertiary/aromatic N) is 2. The number of fused-ring (bicyclic) bond motifs is 1. The predicted octanol–water partition coefficient (Wildman–Crippen LogP) is 3.64. The van der Waals surface area contributed by atoms with Gasteiger partial charge < -0.3 is 25.0 Å². The Morgan fingerprint density at radius 2 is 1.86 bits per heavy atom. The van der Waals surface area contributed by atoms with Crippen LogP contribution in [0.4, 0.5) is 9.18 Å². The van der Waals surface area contributed by atoms with Gasteiger partial charge >= 0.3 is 6.09 Å². The van der Waals surface area contributed by atoms with E-state index >= 15 is 0 Å². The highest BCUT2D eigenvalue weighted by atomic mass is 19.1. The van der Waals surface area contributed by atoms with Crippen LogP contribution in [0.15, 0.2) is 54.7 Å². The smallest absolute Gasteiger partial charge is 0.410 e. The molecule has 0 radical (unpaired) electrons. The molecule has 10 nitrogen and oxygen atoms in total. The Labute approximate surface area is 243 Å². The number of nitrogens with one attached hydrogen (secondary N) is 2. The topological polar surface area (TPSA) is 132 Å². The summed E-state index contributed by atoms with van der Waals surface area (Å²) in [6.45, 7) is 6.80. The van der Waals surface area contributed by atoms with Gasteiger partial charge in [-0.3, -0.25) is 19.3 Å². The second kappa shape index (κ2) is 12.3. The Bertz CT molecular complexity index is 1470. The number of aromatic amines is 1. The summed E-state index contributed by atoms with van der Waals surface area (Å²) in [5, 5.41) is 13.8. The summed E-state index contributed by atoms with van der Waals surface area (Å²) in [5.74, 6) is -1.96. The molecule has 4 rings (SSSR count). The molecule has 0 spiro atoms. The van der Waals surface area contributed by atoms with Gasteiger partial charge in [-0.2, -0.15) is 0 Å². The summed E-state index contributed by atoms with van der Waals surface area (Å²) >= 11 is 0. The molecule has 3 aromatic rings. The standard InChI is InChI=1S/C31H37FN4O6/c1-18(35(5)30(41)42-17-19-9-7-6-8-10-19)28(39)34-27(31(2,3)4)29(40)36-16-21(37)14-25(36)26(38)23-15-33-24-13-20(32)11-12-22(23)24/h6-13,15,18,21,25,27,33,37H,14,16-17H2,1-5H3,(H,34,39). The zero-order chi connectivity index (χ0) is 30.8. The fourth-order valence-electron chi connectivity index (χ4n) is 5.02. The summed E-state index contributed by atoms with van der Waals surface area (Å²) in [4.78, 5) is 58.8. The molecule has 0 bridgehead atoms. The maximum absolute atomic E-state index is 13.9. The minimum atomic E-state index is -1.07. The Morgan fingerprint density at radius 3 is 2.52 bits per heavy atom. The number of Topliss-reactive ketones (excluding diaryl/α,β-unsaturated/α-hetero) is 1. The van der Waals surface area contributed by atoms with Gasteiger partial charge in [0.25, 0.3) is 0 Å². The van der Waals surface area contributed by atoms with Crippen molar-refractivity contribution in [3.05, 3.63) is 71.7 Å². The number of rotatable bonds is 8. The molecular formula is C31H37FN4O6. The molecule has 11 heteroatoms. The number of hydrogen-bond acceptors (Lipinski definition) is 6. The number of halogens is 1. The number of aliphatic hydroxyl groups excluding tert-OH is 1. The van der Waals surface area contributed by atoms with E-state index in [9.17, 15) is 28.7 Å². The third-order valence-electron chi connectivity index (χ3n) is 7.63. The lowest BCUT2D eigenvalue weighted by atomic mass is 9.85. The molecule has 3 amide bonds. The predicted molar refractivity (Wildman–Crippen MR) is 154 cm³/mol. The number of carbonyl (C=O) groups excluding carboxylic acids is 4. The summed E-state index contributed by atoms with van der Waals surface area (Å²) in [6, 6.07) is 10.1. The average molecular weight is 581 g/mol. The van der Waals surface area contributed by atoms with E-state index in [1.807, 2.05) is 30.3 Å². The first kappa shape index (κ1) is 30.7. The lowest BCUT2D eigenvalue weighted by Crippen LogP contribution is -2.59. The number of β-amino-alcohol motifs (C(OH)–C–C–N with tert-alkyl or cyclic N) is 1. The van der Waals surface area contributed by atoms with Gasteiger partial charge in [0.1, 0.15) is 24.5 Å². The van der Waals surface area contributed by atoms with Crippen molar-refractivity contribution in [1.29, 1.82) is 0 Å². The molecule has 3 N–H and O–H groups in total. The van der Waals surface area contributed by atoms with Crippen LogP contribution < -0.4 is 5.32 Å². The fourth-order valence-corrected chi connectivity index (χ4v) is 5.02. The van der Waals surface area contributed by atoms with Crippen LogP contribution in [0.5, 0.6) is 0 Å². The number of ketones is 1. The van der Waals surface area contributed by atoms with Gasteiger partial charge in [-0.1, -0.05) is 51.1 Å². The lowest BCUT2D eigenvalue weighted by Gasteiger charge is -2.36. The summed E-state index contributed by atoms with van der Waals surface area (Å²) < 4.78 is 19.0. The van der Waals surface area contributed by atoms with Crippen LogP contribution in [-0.2, 0) is 20.9 Å². The SMILES string of the molecule is CC(C(=O)NC(C(=O)N1CC(O)CC1C(=O)c1c[nH]c2cc(F)ccc12)C(C)(C)C)N(C)C(=O)OCc1ccccc1. The highest BCUT2D eigenvalue weighted by molar-refractivity contribution is 6.11. The van der Waals surface area contributed by atoms with Crippen LogP contribution in [0.1, 0.15) is 50.0 Å². The quantitative estimate of drug-likeness (QED) is 0.349. The van der Waals surface area contributed by atoms with E-state index in [1.54, 1.807) is 20.8 Å². The van der Waals surface area contributed by atoms with Crippen LogP contribution in [0.25, 0.3) is 10.9 Å². The van der Waals surface area contributed by atoms with Gasteiger partial charge in [-0.05, 0) is 36.1 Å². The van der Waals surface area contributed by atoms with E-state index in [2.05, 4.69) is 10.3 Å². The molecule has 4 unspecified atom stereocenters. The number of amides is 3. The van der Waals surface area contributed by atoms with Gasteiger partial charge in [0.15, 0.2) is 5.78 Å². The number of aliphatic hydroxyl groups is 1. The molecule has 1 aliphatic heterocycles. The van der Waals surface area contributed by atoms with Crippen molar-refractivity contribution in [3.8, 4) is 0 Å². The highest BCUT2D eigenvalue weighted by Crippen LogP contribution is 2.30. The number of aromatic nitrogens is 1. The first-order valence-corrected chi connectivity index (χ1v) is 13.8. The normalized spacial score (nSPS) is 18.4. The molecule has 2 aromatic carbocycles. The summed E-state index contributed by atoms with van der Waals surface area (Å²) in [5.41, 5.74) is 0.738. The van der Waals surface area contributed by atoms with Crippen LogP contribution in [-0.4, -0.2) is 81.4 Å². The molecule has 1 aliphatic rings. The minimum absolute atomic E-state index is 0.0235. The van der Waals surface area contributed by atoms with E-state index in [0.717, 1.165) is 10.5 Å². The molecule has 0 aliphatic carbocycles. The van der Waals surface area contributed by atoms with Crippen molar-refractivity contribution in [3.63, 3.8) is 0 Å². The first-order valence-electron chi connectivity index (χ1n) is 13.8. The third kappa shape index (κ3) is 6.62. The maximum Gasteiger partial charge on any atom is 0.410 e. The molecule has 1 aromatic heterocycles. The first-order chi connectivity index (χ1) is 19.8. The van der Waals surface area contributed by atoms with E-state index < -0.39 is 59.2 Å². The largest absolute Gasteiger partial charge is 0.445 e. The third-order valence-corrected chi connectivity index (χ3v) is 7.63. The van der Waals surface area contributed by atoms with E-state index in [1.165, 1.54) is 43.3 Å². The molecule has 4 atom stereocenters. The second-order valence-corrected chi connectivity index (χ2v) is 11.8. The number of carbonyl (C=O) groups is 4. The van der Waals surface area contributed by atoms with Crippen molar-refractivity contribution >= 4 is 34.6 Å². The van der Waals surface area contributed by atoms with Crippen molar-refractivity contribution in [2.75, 3.05) is 13.6 Å². The van der Waals surface area contributed by atoms with Crippen LogP contribution >= 0.6 is 0 Å². The van der Waals surface area contributed by atoms with Gasteiger partial charge in [-0.25, -0.2) is 9.18 Å². The Kier molecular flexibility index (Phi) is 9.00. The number of H-pyrrole nitrogens is 1. The number of benzene rings is 2. The number of ether oxygens (including phenoxy) is 1. The monoisotopic (exact) mass is 580 g/mol. The molecule has 0 saturated carbocycles. The van der Waals surface area contributed by atoms with Gasteiger partial charge in [0, 0.05) is 42.7 Å². The van der Waals surface area contributed by atoms with Crippen molar-refractivity contribution < 1.29 is 33.4 Å². The van der Waals surface area contributed by atoms with Gasteiger partial charge in [0.2, 0.25) is 11.8 Å². The molecular weight excluding hydrogens is 543 g/mol. The van der Waals surface area contributed by atoms with Crippen molar-refractivity contribution in [1.82, 2.24) is 20.1 Å². The second-order valence-electron chi connectivity index (χ2n) is 11.8. The molecule has 2 heterocycles. The van der Waals surface area contributed by atoms with Gasteiger partial charge in [0.05, 0.1) is 12.1 Å². The zero-order valence-electron chi connectivity index (χ0n) is 24.4. The molecule has 1 saturated heterocycles. The van der Waals surface area contributed by atoms with E-state index in [0.29, 0.717) is 10.9 Å². The van der Waals surface area contributed by atoms with Crippen molar-refractivity contribution in [2.45, 2.75) is 65.0 Å². The fraction of sp³-hybridized carbons (Fsp3) is 0.419. The molecule has 42 heavy (non-hydrogen) atoms. The number of likely N-dealkylation sites (N-methyl/N-ethyl adjacent to an activating group) is 1. The number of hydrogen-bond donors (Lipinski definition) is 3. The Balaban J connectivity index is 1.48. The molecule has 224 valence electrons. The van der Waals surface area contributed by atoms with Crippen LogP contribution in [0.3, 0.4) is 0 Å².